The molecule has 1 aromatic heterocycles. The van der Waals surface area contributed by atoms with Gasteiger partial charge in [-0.05, 0) is 30.7 Å². The van der Waals surface area contributed by atoms with Crippen LogP contribution < -0.4 is 16.1 Å². The third kappa shape index (κ3) is 3.69. The van der Waals surface area contributed by atoms with Crippen LogP contribution in [0.5, 0.6) is 0 Å². The third-order valence-electron chi connectivity index (χ3n) is 3.14. The van der Waals surface area contributed by atoms with Crippen molar-refractivity contribution in [3.63, 3.8) is 0 Å². The summed E-state index contributed by atoms with van der Waals surface area (Å²) in [6, 6.07) is 6.86. The molecule has 7 heteroatoms. The van der Waals surface area contributed by atoms with Gasteiger partial charge in [-0.3, -0.25) is 0 Å². The number of sulfonamides is 1. The molecular weight excluding hydrogens is 292 g/mol. The minimum Gasteiger partial charge on any atom is -0.423 e. The minimum absolute atomic E-state index is 0.124. The largest absolute Gasteiger partial charge is 0.423 e. The van der Waals surface area contributed by atoms with E-state index in [-0.39, 0.29) is 17.5 Å². The number of rotatable bonds is 6. The Morgan fingerprint density at radius 1 is 1.29 bits per heavy atom. The fraction of sp³-hybridized carbons (Fsp3) is 0.357. The monoisotopic (exact) mass is 310 g/mol. The molecule has 2 rings (SSSR count). The Kier molecular flexibility index (Phi) is 4.76. The van der Waals surface area contributed by atoms with Crippen LogP contribution in [-0.2, 0) is 10.0 Å². The highest BCUT2D eigenvalue weighted by molar-refractivity contribution is 7.89. The fourth-order valence-corrected chi connectivity index (χ4v) is 3.40. The molecule has 0 saturated heterocycles. The quantitative estimate of drug-likeness (QED) is 0.780. The highest BCUT2D eigenvalue weighted by Gasteiger charge is 2.19. The van der Waals surface area contributed by atoms with Crippen molar-refractivity contribution in [3.05, 3.63) is 40.8 Å². The molecule has 0 aliphatic heterocycles. The van der Waals surface area contributed by atoms with Crippen molar-refractivity contribution in [2.24, 2.45) is 5.73 Å². The molecule has 6 nitrogen and oxygen atoms in total. The van der Waals surface area contributed by atoms with Crippen LogP contribution in [0.2, 0.25) is 0 Å². The van der Waals surface area contributed by atoms with Gasteiger partial charge < -0.3 is 10.2 Å². The molecule has 0 amide bonds. The van der Waals surface area contributed by atoms with Crippen molar-refractivity contribution in [1.82, 2.24) is 4.72 Å². The second-order valence-electron chi connectivity index (χ2n) is 4.80. The van der Waals surface area contributed by atoms with E-state index in [2.05, 4.69) is 4.72 Å². The first-order valence-electron chi connectivity index (χ1n) is 6.72. The van der Waals surface area contributed by atoms with Crippen LogP contribution in [0.1, 0.15) is 19.8 Å². The lowest BCUT2D eigenvalue weighted by molar-refractivity contribution is 0.527. The van der Waals surface area contributed by atoms with Gasteiger partial charge in [-0.25, -0.2) is 17.9 Å². The van der Waals surface area contributed by atoms with Gasteiger partial charge in [0.25, 0.3) is 0 Å². The predicted octanol–water partition coefficient (Wildman–Crippen LogP) is 1.20. The summed E-state index contributed by atoms with van der Waals surface area (Å²) < 4.78 is 32.2. The van der Waals surface area contributed by atoms with E-state index in [1.54, 1.807) is 0 Å². The molecule has 21 heavy (non-hydrogen) atoms. The van der Waals surface area contributed by atoms with Crippen molar-refractivity contribution in [2.45, 2.75) is 30.7 Å². The van der Waals surface area contributed by atoms with Crippen LogP contribution >= 0.6 is 0 Å². The second kappa shape index (κ2) is 6.38. The molecule has 0 spiro atoms. The zero-order valence-electron chi connectivity index (χ0n) is 11.7. The first kappa shape index (κ1) is 15.7. The lowest BCUT2D eigenvalue weighted by Gasteiger charge is -2.16. The van der Waals surface area contributed by atoms with Crippen molar-refractivity contribution in [1.29, 1.82) is 0 Å². The van der Waals surface area contributed by atoms with Gasteiger partial charge in [0.05, 0.1) is 4.90 Å². The van der Waals surface area contributed by atoms with E-state index in [0.717, 1.165) is 6.42 Å². The van der Waals surface area contributed by atoms with E-state index in [1.807, 2.05) is 6.92 Å². The molecule has 0 aliphatic rings. The van der Waals surface area contributed by atoms with E-state index >= 15 is 0 Å². The van der Waals surface area contributed by atoms with Gasteiger partial charge >= 0.3 is 5.63 Å². The summed E-state index contributed by atoms with van der Waals surface area (Å²) in [7, 11) is -3.65. The lowest BCUT2D eigenvalue weighted by Crippen LogP contribution is -2.39. The van der Waals surface area contributed by atoms with Crippen LogP contribution in [0.25, 0.3) is 11.0 Å². The Hall–Kier alpha value is -1.70. The highest BCUT2D eigenvalue weighted by Crippen LogP contribution is 2.18. The maximum Gasteiger partial charge on any atom is 0.336 e. The van der Waals surface area contributed by atoms with Gasteiger partial charge in [0.2, 0.25) is 10.0 Å². The molecule has 3 N–H and O–H groups in total. The van der Waals surface area contributed by atoms with Crippen LogP contribution in [0.15, 0.2) is 44.4 Å². The molecule has 0 radical (unpaired) electrons. The molecule has 0 saturated carbocycles. The molecule has 114 valence electrons. The Balaban J connectivity index is 2.35. The number of hydrogen-bond donors (Lipinski definition) is 2. The second-order valence-corrected chi connectivity index (χ2v) is 6.51. The minimum atomic E-state index is -3.65. The van der Waals surface area contributed by atoms with E-state index in [9.17, 15) is 13.2 Å². The Bertz CT molecular complexity index is 783. The van der Waals surface area contributed by atoms with E-state index < -0.39 is 15.6 Å². The number of nitrogens with two attached hydrogens (primary N) is 1. The molecule has 1 aromatic carbocycles. The SMILES string of the molecule is CCCC(CN)NS(=O)(=O)c1ccc2oc(=O)ccc2c1. The maximum atomic E-state index is 12.3. The van der Waals surface area contributed by atoms with E-state index in [0.29, 0.717) is 17.4 Å². The average molecular weight is 310 g/mol. The molecule has 1 unspecified atom stereocenters. The molecule has 0 aliphatic carbocycles. The van der Waals surface area contributed by atoms with Crippen molar-refractivity contribution >= 4 is 21.0 Å². The first-order chi connectivity index (χ1) is 9.96. The molecule has 1 heterocycles. The number of nitrogens with one attached hydrogen (secondary N) is 1. The molecular formula is C14H18N2O4S. The predicted molar refractivity (Wildman–Crippen MR) is 80.6 cm³/mol. The molecule has 0 bridgehead atoms. The Morgan fingerprint density at radius 2 is 2.05 bits per heavy atom. The Morgan fingerprint density at radius 3 is 2.71 bits per heavy atom. The van der Waals surface area contributed by atoms with E-state index in [4.69, 9.17) is 10.2 Å². The van der Waals surface area contributed by atoms with Gasteiger partial charge in [-0.15, -0.1) is 0 Å². The van der Waals surface area contributed by atoms with E-state index in [1.165, 1.54) is 30.3 Å². The standard InChI is InChI=1S/C14H18N2O4S/c1-2-3-11(9-15)16-21(18,19)12-5-6-13-10(8-12)4-7-14(17)20-13/h4-8,11,16H,2-3,9,15H2,1H3. The van der Waals surface area contributed by atoms with Gasteiger partial charge in [-0.2, -0.15) is 0 Å². The molecule has 2 aromatic rings. The summed E-state index contributed by atoms with van der Waals surface area (Å²) >= 11 is 0. The van der Waals surface area contributed by atoms with Crippen LogP contribution in [0, 0.1) is 0 Å². The highest BCUT2D eigenvalue weighted by atomic mass is 32.2. The normalized spacial score (nSPS) is 13.4. The van der Waals surface area contributed by atoms with Crippen LogP contribution in [0.3, 0.4) is 0 Å². The Labute approximate surface area is 123 Å². The average Bonchev–Trinajstić information content (AvgIpc) is 2.45. The number of hydrogen-bond acceptors (Lipinski definition) is 5. The van der Waals surface area contributed by atoms with Crippen LogP contribution in [0.4, 0.5) is 0 Å². The fourth-order valence-electron chi connectivity index (χ4n) is 2.08. The summed E-state index contributed by atoms with van der Waals surface area (Å²) in [5.74, 6) is 0. The zero-order valence-corrected chi connectivity index (χ0v) is 12.5. The first-order valence-corrected chi connectivity index (χ1v) is 8.21. The summed E-state index contributed by atoms with van der Waals surface area (Å²) in [5, 5.41) is 0.553. The lowest BCUT2D eigenvalue weighted by atomic mass is 10.2. The zero-order chi connectivity index (χ0) is 15.5. The number of benzene rings is 1. The summed E-state index contributed by atoms with van der Waals surface area (Å²) in [6.45, 7) is 2.21. The van der Waals surface area contributed by atoms with Gasteiger partial charge in [0.1, 0.15) is 5.58 Å². The summed E-state index contributed by atoms with van der Waals surface area (Å²) in [6.07, 6.45) is 1.52. The number of fused-ring (bicyclic) bond motifs is 1. The van der Waals surface area contributed by atoms with Crippen molar-refractivity contribution < 1.29 is 12.8 Å². The van der Waals surface area contributed by atoms with Crippen molar-refractivity contribution in [2.75, 3.05) is 6.54 Å². The molecule has 0 fully saturated rings. The summed E-state index contributed by atoms with van der Waals surface area (Å²) in [4.78, 5) is 11.2. The maximum absolute atomic E-state index is 12.3. The topological polar surface area (TPSA) is 102 Å². The summed E-state index contributed by atoms with van der Waals surface area (Å²) in [5.41, 5.74) is 5.46. The van der Waals surface area contributed by atoms with Gasteiger partial charge in [0, 0.05) is 24.0 Å². The smallest absolute Gasteiger partial charge is 0.336 e. The van der Waals surface area contributed by atoms with Gasteiger partial charge in [-0.1, -0.05) is 13.3 Å². The van der Waals surface area contributed by atoms with Crippen molar-refractivity contribution in [3.8, 4) is 0 Å². The van der Waals surface area contributed by atoms with Crippen LogP contribution in [-0.4, -0.2) is 21.0 Å². The molecule has 1 atom stereocenters. The third-order valence-corrected chi connectivity index (χ3v) is 4.66. The van der Waals surface area contributed by atoms with Gasteiger partial charge in [0.15, 0.2) is 0 Å².